The minimum Gasteiger partial charge on any atom is -0.486 e. The van der Waals surface area contributed by atoms with Gasteiger partial charge in [0, 0.05) is 73.8 Å². The van der Waals surface area contributed by atoms with Crippen LogP contribution in [-0.2, 0) is 17.9 Å². The molecule has 6 atom stereocenters. The van der Waals surface area contributed by atoms with Gasteiger partial charge in [-0.15, -0.1) is 0 Å². The van der Waals surface area contributed by atoms with Gasteiger partial charge < -0.3 is 67.5 Å². The van der Waals surface area contributed by atoms with Crippen molar-refractivity contribution in [3.63, 3.8) is 0 Å². The maximum atomic E-state index is 13.8. The molecule has 0 radical (unpaired) electrons. The van der Waals surface area contributed by atoms with E-state index < -0.39 is 12.1 Å². The molecular formula is C74H89N11O10. The van der Waals surface area contributed by atoms with Gasteiger partial charge in [0.2, 0.25) is 5.91 Å². The molecule has 2 heterocycles. The number of likely N-dealkylation sites (N-methyl/N-ethyl adjacent to an activating group) is 2. The smallest absolute Gasteiger partial charge is 0.323 e. The van der Waals surface area contributed by atoms with Crippen LogP contribution >= 0.6 is 0 Å². The summed E-state index contributed by atoms with van der Waals surface area (Å²) in [4.78, 5) is 87.1. The van der Waals surface area contributed by atoms with E-state index in [9.17, 15) is 39.0 Å². The summed E-state index contributed by atoms with van der Waals surface area (Å²) in [5, 5.41) is 34.5. The van der Waals surface area contributed by atoms with Crippen LogP contribution in [0.3, 0.4) is 0 Å². The van der Waals surface area contributed by atoms with E-state index in [1.54, 1.807) is 107 Å². The van der Waals surface area contributed by atoms with Crippen LogP contribution in [0.1, 0.15) is 112 Å². The third-order valence-corrected chi connectivity index (χ3v) is 17.6. The van der Waals surface area contributed by atoms with Crippen LogP contribution in [0.25, 0.3) is 0 Å². The molecule has 21 nitrogen and oxygen atoms in total. The Bertz CT molecular complexity index is 3770. The van der Waals surface area contributed by atoms with E-state index in [0.29, 0.717) is 107 Å². The quantitative estimate of drug-likeness (QED) is 0.0321. The molecule has 0 spiro atoms. The molecule has 21 heteroatoms. The lowest BCUT2D eigenvalue weighted by molar-refractivity contribution is -0.120. The number of hydrogen-bond donors (Lipinski definition) is 9. The number of nitrogens with zero attached hydrogens (tertiary/aromatic N) is 4. The molecule has 7 aromatic carbocycles. The number of carbonyl (C=O) groups is 6. The highest BCUT2D eigenvalue weighted by molar-refractivity contribution is 6.07. The first-order valence-electron chi connectivity index (χ1n) is 32.5. The number of carbonyl (C=O) groups excluding carboxylic acids is 6. The molecule has 0 aromatic heterocycles. The van der Waals surface area contributed by atoms with Gasteiger partial charge in [-0.2, -0.15) is 0 Å². The van der Waals surface area contributed by atoms with Crippen molar-refractivity contribution >= 4 is 75.4 Å². The molecule has 1 saturated carbocycles. The van der Waals surface area contributed by atoms with Crippen molar-refractivity contribution in [1.82, 2.24) is 19.6 Å². The summed E-state index contributed by atoms with van der Waals surface area (Å²) in [6, 6.07) is 47.2. The summed E-state index contributed by atoms with van der Waals surface area (Å²) in [6.07, 6.45) is 4.25. The Kier molecular flexibility index (Phi) is 24.0. The van der Waals surface area contributed by atoms with Crippen molar-refractivity contribution in [2.45, 2.75) is 97.2 Å². The fourth-order valence-corrected chi connectivity index (χ4v) is 12.0. The number of nitrogens with one attached hydrogen (secondary N) is 5. The Morgan fingerprint density at radius 2 is 0.926 bits per heavy atom. The number of rotatable bonds is 20. The van der Waals surface area contributed by atoms with Crippen LogP contribution in [0.4, 0.5) is 44.6 Å². The van der Waals surface area contributed by atoms with Crippen LogP contribution in [0, 0.1) is 17.8 Å². The molecular weight excluding hydrogens is 1200 g/mol. The van der Waals surface area contributed by atoms with E-state index in [0.717, 1.165) is 43.2 Å². The second-order valence-corrected chi connectivity index (χ2v) is 25.2. The number of nitrogen functional groups attached to an aromatic ring is 2. The van der Waals surface area contributed by atoms with Crippen molar-refractivity contribution in [3.05, 3.63) is 197 Å². The molecule has 95 heavy (non-hydrogen) atoms. The van der Waals surface area contributed by atoms with Crippen molar-refractivity contribution in [2.75, 3.05) is 91.5 Å². The molecule has 500 valence electrons. The van der Waals surface area contributed by atoms with Crippen LogP contribution in [0.15, 0.2) is 164 Å². The highest BCUT2D eigenvalue weighted by Gasteiger charge is 2.37. The Morgan fingerprint density at radius 3 is 1.36 bits per heavy atom. The molecule has 0 bridgehead atoms. The Morgan fingerprint density at radius 1 is 0.516 bits per heavy atom. The van der Waals surface area contributed by atoms with Gasteiger partial charge >= 0.3 is 6.03 Å². The lowest BCUT2D eigenvalue weighted by Crippen LogP contribution is -2.49. The van der Waals surface area contributed by atoms with Gasteiger partial charge in [-0.25, -0.2) is 4.79 Å². The number of benzene rings is 7. The molecule has 0 unspecified atom stereocenters. The molecule has 10 rings (SSSR count). The number of aliphatic hydroxyl groups excluding tert-OH is 2. The highest BCUT2D eigenvalue weighted by Crippen LogP contribution is 2.38. The van der Waals surface area contributed by atoms with Crippen LogP contribution in [0.5, 0.6) is 11.5 Å². The highest BCUT2D eigenvalue weighted by atomic mass is 16.5. The SMILES string of the molecule is C[C@@H]1CN([C@@H](C)CO)C(=O)c2cccc(NC(=O)C3CCCCC3)c2O[C@@H]1CN(C)Cc1ccc(C(=O)Nc2ccccc2N)cc1.C[C@@H]1CN([C@@H](C)CO)C(=O)c2cccc(NC(=O)Nc3ccccc3)c2O[C@@H]1CN(C)Cc1ccc(C(=O)Nc2ccccc2N)cc1. The van der Waals surface area contributed by atoms with Gasteiger partial charge in [0.15, 0.2) is 11.5 Å². The Balaban J connectivity index is 0.000000223. The summed E-state index contributed by atoms with van der Waals surface area (Å²) in [5.41, 5.74) is 19.3. The van der Waals surface area contributed by atoms with Gasteiger partial charge in [-0.3, -0.25) is 33.8 Å². The van der Waals surface area contributed by atoms with E-state index >= 15 is 0 Å². The number of ether oxygens (including phenoxy) is 2. The number of urea groups is 1. The minimum atomic E-state index is -0.473. The van der Waals surface area contributed by atoms with E-state index in [1.165, 1.54) is 0 Å². The fraction of sp³-hybridized carbons (Fsp3) is 0.351. The first-order chi connectivity index (χ1) is 45.8. The zero-order valence-electron chi connectivity index (χ0n) is 54.9. The molecule has 2 aliphatic heterocycles. The largest absolute Gasteiger partial charge is 0.486 e. The molecule has 1 fully saturated rings. The first kappa shape index (κ1) is 69.5. The second-order valence-electron chi connectivity index (χ2n) is 25.2. The average molecular weight is 1290 g/mol. The number of anilines is 7. The van der Waals surface area contributed by atoms with Crippen molar-refractivity contribution in [1.29, 1.82) is 0 Å². The van der Waals surface area contributed by atoms with Crippen molar-refractivity contribution < 1.29 is 48.5 Å². The number of amides is 7. The summed E-state index contributed by atoms with van der Waals surface area (Å²) < 4.78 is 13.3. The predicted molar refractivity (Wildman–Crippen MR) is 373 cm³/mol. The van der Waals surface area contributed by atoms with E-state index in [2.05, 4.69) is 36.4 Å². The third kappa shape index (κ3) is 18.3. The number of hydrogen-bond acceptors (Lipinski definition) is 14. The zero-order chi connectivity index (χ0) is 67.7. The number of fused-ring (bicyclic) bond motifs is 2. The fourth-order valence-electron chi connectivity index (χ4n) is 12.0. The molecule has 3 aliphatic rings. The molecule has 7 amide bonds. The van der Waals surface area contributed by atoms with Crippen molar-refractivity contribution in [3.8, 4) is 11.5 Å². The van der Waals surface area contributed by atoms with Gasteiger partial charge in [0.25, 0.3) is 23.6 Å². The number of nitrogens with two attached hydrogens (primary N) is 2. The summed E-state index contributed by atoms with van der Waals surface area (Å²) >= 11 is 0. The van der Waals surface area contributed by atoms with E-state index in [4.69, 9.17) is 20.9 Å². The van der Waals surface area contributed by atoms with E-state index in [1.807, 2.05) is 109 Å². The normalized spacial score (nSPS) is 17.9. The van der Waals surface area contributed by atoms with Crippen molar-refractivity contribution in [2.24, 2.45) is 17.8 Å². The second kappa shape index (κ2) is 32.9. The summed E-state index contributed by atoms with van der Waals surface area (Å²) in [6.45, 7) is 10.3. The molecule has 11 N–H and O–H groups in total. The topological polar surface area (TPSA) is 286 Å². The molecule has 1 aliphatic carbocycles. The average Bonchev–Trinajstić information content (AvgIpc) is 0.807. The molecule has 7 aromatic rings. The Hall–Kier alpha value is -9.80. The third-order valence-electron chi connectivity index (χ3n) is 17.6. The first-order valence-corrected chi connectivity index (χ1v) is 32.5. The van der Waals surface area contributed by atoms with Gasteiger partial charge in [0.05, 0.1) is 70.5 Å². The zero-order valence-corrected chi connectivity index (χ0v) is 54.9. The van der Waals surface area contributed by atoms with Gasteiger partial charge in [0.1, 0.15) is 12.2 Å². The summed E-state index contributed by atoms with van der Waals surface area (Å²) in [7, 11) is 3.98. The predicted octanol–water partition coefficient (Wildman–Crippen LogP) is 10.9. The maximum Gasteiger partial charge on any atom is 0.323 e. The van der Waals surface area contributed by atoms with Gasteiger partial charge in [-0.1, -0.05) is 112 Å². The van der Waals surface area contributed by atoms with Crippen LogP contribution < -0.4 is 47.5 Å². The van der Waals surface area contributed by atoms with Gasteiger partial charge in [-0.05, 0) is 137 Å². The van der Waals surface area contributed by atoms with Crippen LogP contribution in [0.2, 0.25) is 0 Å². The van der Waals surface area contributed by atoms with E-state index in [-0.39, 0.29) is 84.5 Å². The lowest BCUT2D eigenvalue weighted by atomic mass is 9.88. The molecule has 0 saturated heterocycles. The minimum absolute atomic E-state index is 0.0390. The number of aliphatic hydroxyl groups is 2. The number of para-hydroxylation sites is 7. The Labute approximate surface area is 556 Å². The maximum absolute atomic E-state index is 13.8. The lowest BCUT2D eigenvalue weighted by Gasteiger charge is -2.38. The van der Waals surface area contributed by atoms with Crippen LogP contribution in [-0.4, -0.2) is 143 Å². The standard InChI is InChI=1S/C37H42N6O5.C37H47N5O5/c1-24-20-43(25(2)23-44)36(46)29-12-9-15-32(41-37(47)39-28-10-5-4-6-11-28)34(29)48-33(24)22-42(3)21-26-16-18-27(19-17-26)35(45)40-31-14-8-7-13-30(31)38;1-24-20-42(25(2)23-43)37(46)29-12-9-15-32(40-35(44)27-10-5-4-6-11-27)34(29)47-33(24)22-41(3)21-26-16-18-28(19-17-26)36(45)39-31-14-8-7-13-30(31)38/h4-19,24-25,33,44H,20-23,38H2,1-3H3,(H,40,45)(H2,39,41,47);7-9,12-19,24-25,27,33,43H,4-6,10-11,20-23,38H2,1-3H3,(H,39,45)(H,40,44)/t2*24-,25+,33-/m11/s1. The monoisotopic (exact) mass is 1290 g/mol. The summed E-state index contributed by atoms with van der Waals surface area (Å²) in [5.74, 6) is -0.640.